The molecule has 5 nitrogen and oxygen atoms in total. The highest BCUT2D eigenvalue weighted by Crippen LogP contribution is 2.17. The number of nitrogens with zero attached hydrogens (tertiary/aromatic N) is 1. The van der Waals surface area contributed by atoms with Crippen LogP contribution in [0.4, 0.5) is 5.69 Å². The van der Waals surface area contributed by atoms with Crippen LogP contribution in [-0.4, -0.2) is 55.7 Å². The van der Waals surface area contributed by atoms with Gasteiger partial charge in [-0.15, -0.1) is 0 Å². The van der Waals surface area contributed by atoms with Crippen molar-refractivity contribution >= 4 is 11.6 Å². The number of carbonyl (C=O) groups excluding carboxylic acids is 1. The van der Waals surface area contributed by atoms with Crippen LogP contribution >= 0.6 is 0 Å². The summed E-state index contributed by atoms with van der Waals surface area (Å²) in [5.41, 5.74) is 1.12. The van der Waals surface area contributed by atoms with Gasteiger partial charge in [0, 0.05) is 43.8 Å². The van der Waals surface area contributed by atoms with Crippen LogP contribution in [0.3, 0.4) is 0 Å². The molecule has 1 aromatic carbocycles. The third-order valence-corrected chi connectivity index (χ3v) is 4.11. The SMILES string of the molecule is O=C(CC1COCCN1)N1CCC(Nc2ccccc2)C1. The van der Waals surface area contributed by atoms with Crippen molar-refractivity contribution in [3.8, 4) is 0 Å². The maximum Gasteiger partial charge on any atom is 0.224 e. The van der Waals surface area contributed by atoms with Gasteiger partial charge in [0.1, 0.15) is 0 Å². The predicted octanol–water partition coefficient (Wildman–Crippen LogP) is 1.08. The molecule has 0 aliphatic carbocycles. The molecule has 1 amide bonds. The Hall–Kier alpha value is -1.59. The van der Waals surface area contributed by atoms with Crippen molar-refractivity contribution in [3.05, 3.63) is 30.3 Å². The number of hydrogen-bond donors (Lipinski definition) is 2. The first kappa shape index (κ1) is 14.4. The monoisotopic (exact) mass is 289 g/mol. The van der Waals surface area contributed by atoms with E-state index in [0.29, 0.717) is 19.1 Å². The Morgan fingerprint density at radius 2 is 2.24 bits per heavy atom. The van der Waals surface area contributed by atoms with E-state index in [4.69, 9.17) is 4.74 Å². The molecule has 2 saturated heterocycles. The molecule has 3 rings (SSSR count). The van der Waals surface area contributed by atoms with E-state index < -0.39 is 0 Å². The zero-order valence-electron chi connectivity index (χ0n) is 12.3. The summed E-state index contributed by atoms with van der Waals surface area (Å²) in [5, 5.41) is 6.83. The maximum atomic E-state index is 12.3. The molecule has 21 heavy (non-hydrogen) atoms. The largest absolute Gasteiger partial charge is 0.380 e. The van der Waals surface area contributed by atoms with Crippen molar-refractivity contribution in [2.75, 3.05) is 38.2 Å². The molecular formula is C16H23N3O2. The molecule has 0 radical (unpaired) electrons. The van der Waals surface area contributed by atoms with Gasteiger partial charge in [0.15, 0.2) is 0 Å². The van der Waals surface area contributed by atoms with Crippen LogP contribution in [0.25, 0.3) is 0 Å². The highest BCUT2D eigenvalue weighted by molar-refractivity contribution is 5.77. The first-order valence-electron chi connectivity index (χ1n) is 7.72. The van der Waals surface area contributed by atoms with Crippen LogP contribution in [-0.2, 0) is 9.53 Å². The molecule has 2 atom stereocenters. The fourth-order valence-corrected chi connectivity index (χ4v) is 2.97. The fraction of sp³-hybridized carbons (Fsp3) is 0.562. The average molecular weight is 289 g/mol. The highest BCUT2D eigenvalue weighted by atomic mass is 16.5. The van der Waals surface area contributed by atoms with Crippen molar-refractivity contribution in [1.29, 1.82) is 0 Å². The third-order valence-electron chi connectivity index (χ3n) is 4.11. The van der Waals surface area contributed by atoms with E-state index in [-0.39, 0.29) is 11.9 Å². The molecular weight excluding hydrogens is 266 g/mol. The number of hydrogen-bond acceptors (Lipinski definition) is 4. The molecule has 2 N–H and O–H groups in total. The van der Waals surface area contributed by atoms with E-state index in [1.807, 2.05) is 23.1 Å². The number of morpholine rings is 1. The van der Waals surface area contributed by atoms with E-state index in [1.54, 1.807) is 0 Å². The third kappa shape index (κ3) is 3.95. The second-order valence-corrected chi connectivity index (χ2v) is 5.77. The fourth-order valence-electron chi connectivity index (χ4n) is 2.97. The molecule has 2 heterocycles. The van der Waals surface area contributed by atoms with Crippen LogP contribution in [0.1, 0.15) is 12.8 Å². The molecule has 2 aliphatic rings. The summed E-state index contributed by atoms with van der Waals surface area (Å²) in [7, 11) is 0. The lowest BCUT2D eigenvalue weighted by Crippen LogP contribution is -2.45. The molecule has 1 aromatic rings. The minimum Gasteiger partial charge on any atom is -0.380 e. The molecule has 0 bridgehead atoms. The maximum absolute atomic E-state index is 12.3. The quantitative estimate of drug-likeness (QED) is 0.871. The Labute approximate surface area is 125 Å². The van der Waals surface area contributed by atoms with Gasteiger partial charge in [0.2, 0.25) is 5.91 Å². The highest BCUT2D eigenvalue weighted by Gasteiger charge is 2.28. The number of rotatable bonds is 4. The summed E-state index contributed by atoms with van der Waals surface area (Å²) in [5.74, 6) is 0.232. The summed E-state index contributed by atoms with van der Waals surface area (Å²) in [6, 6.07) is 10.7. The van der Waals surface area contributed by atoms with Gasteiger partial charge >= 0.3 is 0 Å². The number of para-hydroxylation sites is 1. The van der Waals surface area contributed by atoms with Gasteiger partial charge in [-0.3, -0.25) is 4.79 Å². The van der Waals surface area contributed by atoms with Crippen molar-refractivity contribution in [1.82, 2.24) is 10.2 Å². The molecule has 114 valence electrons. The van der Waals surface area contributed by atoms with Gasteiger partial charge in [0.05, 0.1) is 13.2 Å². The zero-order valence-corrected chi connectivity index (χ0v) is 12.3. The second-order valence-electron chi connectivity index (χ2n) is 5.77. The van der Waals surface area contributed by atoms with Gasteiger partial charge in [-0.1, -0.05) is 18.2 Å². The molecule has 2 unspecified atom stereocenters. The lowest BCUT2D eigenvalue weighted by molar-refractivity contribution is -0.131. The lowest BCUT2D eigenvalue weighted by atomic mass is 10.2. The number of carbonyl (C=O) groups is 1. The Bertz CT molecular complexity index is 460. The zero-order chi connectivity index (χ0) is 14.5. The normalized spacial score (nSPS) is 25.8. The van der Waals surface area contributed by atoms with E-state index in [0.717, 1.165) is 38.3 Å². The van der Waals surface area contributed by atoms with Crippen molar-refractivity contribution in [2.45, 2.75) is 24.9 Å². The Morgan fingerprint density at radius 3 is 3.00 bits per heavy atom. The first-order valence-corrected chi connectivity index (χ1v) is 7.72. The van der Waals surface area contributed by atoms with E-state index in [9.17, 15) is 4.79 Å². The first-order chi connectivity index (χ1) is 10.3. The van der Waals surface area contributed by atoms with E-state index >= 15 is 0 Å². The van der Waals surface area contributed by atoms with Crippen molar-refractivity contribution < 1.29 is 9.53 Å². The van der Waals surface area contributed by atoms with Crippen molar-refractivity contribution in [3.63, 3.8) is 0 Å². The van der Waals surface area contributed by atoms with Gasteiger partial charge in [-0.2, -0.15) is 0 Å². The summed E-state index contributed by atoms with van der Waals surface area (Å²) < 4.78 is 5.40. The molecule has 5 heteroatoms. The van der Waals surface area contributed by atoms with Gasteiger partial charge in [0.25, 0.3) is 0 Å². The predicted molar refractivity (Wildman–Crippen MR) is 82.3 cm³/mol. The molecule has 0 spiro atoms. The molecule has 0 saturated carbocycles. The molecule has 2 aliphatic heterocycles. The van der Waals surface area contributed by atoms with Gasteiger partial charge in [-0.05, 0) is 18.6 Å². The summed E-state index contributed by atoms with van der Waals surface area (Å²) >= 11 is 0. The second kappa shape index (κ2) is 6.91. The Morgan fingerprint density at radius 1 is 1.38 bits per heavy atom. The Balaban J connectivity index is 1.46. The van der Waals surface area contributed by atoms with Crippen LogP contribution in [0.5, 0.6) is 0 Å². The molecule has 2 fully saturated rings. The topological polar surface area (TPSA) is 53.6 Å². The minimum atomic E-state index is 0.174. The number of nitrogens with one attached hydrogen (secondary N) is 2. The standard InChI is InChI=1S/C16H23N3O2/c20-16(10-15-12-21-9-7-17-15)19-8-6-14(11-19)18-13-4-2-1-3-5-13/h1-5,14-15,17-18H,6-12H2. The van der Waals surface area contributed by atoms with E-state index in [1.165, 1.54) is 0 Å². The van der Waals surface area contributed by atoms with E-state index in [2.05, 4.69) is 22.8 Å². The summed E-state index contributed by atoms with van der Waals surface area (Å²) in [4.78, 5) is 14.3. The number of anilines is 1. The summed E-state index contributed by atoms with van der Waals surface area (Å²) in [6.45, 7) is 3.87. The summed E-state index contributed by atoms with van der Waals surface area (Å²) in [6.07, 6.45) is 1.55. The number of likely N-dealkylation sites (tertiary alicyclic amines) is 1. The number of benzene rings is 1. The van der Waals surface area contributed by atoms with Crippen LogP contribution < -0.4 is 10.6 Å². The van der Waals surface area contributed by atoms with Crippen LogP contribution in [0.15, 0.2) is 30.3 Å². The van der Waals surface area contributed by atoms with Crippen molar-refractivity contribution in [2.24, 2.45) is 0 Å². The average Bonchev–Trinajstić information content (AvgIpc) is 2.98. The smallest absolute Gasteiger partial charge is 0.224 e. The van der Waals surface area contributed by atoms with Gasteiger partial charge < -0.3 is 20.3 Å². The van der Waals surface area contributed by atoms with Crippen LogP contribution in [0, 0.1) is 0 Å². The number of amides is 1. The minimum absolute atomic E-state index is 0.174. The molecule has 0 aromatic heterocycles. The van der Waals surface area contributed by atoms with Gasteiger partial charge in [-0.25, -0.2) is 0 Å². The Kier molecular flexibility index (Phi) is 4.72. The lowest BCUT2D eigenvalue weighted by Gasteiger charge is -2.25. The number of ether oxygens (including phenoxy) is 1. The van der Waals surface area contributed by atoms with Crippen LogP contribution in [0.2, 0.25) is 0 Å².